The molecule has 5 heteroatoms. The summed E-state index contributed by atoms with van der Waals surface area (Å²) in [5.74, 6) is 1.85. The van der Waals surface area contributed by atoms with Gasteiger partial charge in [0.15, 0.2) is 5.69 Å². The Morgan fingerprint density at radius 1 is 1.59 bits per heavy atom. The van der Waals surface area contributed by atoms with Crippen LogP contribution in [-0.2, 0) is 0 Å². The first-order chi connectivity index (χ1) is 8.13. The average molecular weight is 250 g/mol. The third-order valence-electron chi connectivity index (χ3n) is 2.76. The van der Waals surface area contributed by atoms with Crippen molar-refractivity contribution in [2.45, 2.75) is 19.4 Å². The number of aromatic nitrogens is 1. The number of nitrogens with two attached hydrogens (primary N) is 1. The summed E-state index contributed by atoms with van der Waals surface area (Å²) in [6, 6.07) is 6.03. The molecule has 0 aromatic carbocycles. The van der Waals surface area contributed by atoms with Crippen LogP contribution in [0.3, 0.4) is 0 Å². The Hall–Kier alpha value is -1.41. The minimum Gasteiger partial charge on any atom is -0.396 e. The second kappa shape index (κ2) is 6.36. The molecule has 0 saturated carbocycles. The van der Waals surface area contributed by atoms with E-state index in [2.05, 4.69) is 23.1 Å². The van der Waals surface area contributed by atoms with Crippen LogP contribution in [0.5, 0.6) is 0 Å². The first-order valence-electron chi connectivity index (χ1n) is 5.52. The second-order valence-corrected chi connectivity index (χ2v) is 4.76. The highest BCUT2D eigenvalue weighted by Crippen LogP contribution is 2.19. The monoisotopic (exact) mass is 250 g/mol. The summed E-state index contributed by atoms with van der Waals surface area (Å²) < 4.78 is 0. The number of nitrogens with zero attached hydrogens (tertiary/aromatic N) is 3. The van der Waals surface area contributed by atoms with Crippen LogP contribution in [0, 0.1) is 11.3 Å². The lowest BCUT2D eigenvalue weighted by Gasteiger charge is -2.27. The van der Waals surface area contributed by atoms with Gasteiger partial charge in [-0.05, 0) is 24.8 Å². The molecule has 0 aliphatic carbocycles. The Bertz CT molecular complexity index is 413. The predicted octanol–water partition coefficient (Wildman–Crippen LogP) is 2.11. The molecule has 1 atom stereocenters. The van der Waals surface area contributed by atoms with E-state index in [0.717, 1.165) is 18.0 Å². The van der Waals surface area contributed by atoms with Gasteiger partial charge in [-0.1, -0.05) is 6.92 Å². The largest absolute Gasteiger partial charge is 0.396 e. The van der Waals surface area contributed by atoms with Crippen molar-refractivity contribution in [2.24, 2.45) is 0 Å². The summed E-state index contributed by atoms with van der Waals surface area (Å²) in [5, 5.41) is 8.91. The number of nitrogen functional groups attached to an aromatic ring is 1. The molecule has 0 bridgehead atoms. The van der Waals surface area contributed by atoms with E-state index in [9.17, 15) is 0 Å². The number of anilines is 2. The van der Waals surface area contributed by atoms with Gasteiger partial charge in [0, 0.05) is 18.8 Å². The van der Waals surface area contributed by atoms with Gasteiger partial charge >= 0.3 is 0 Å². The lowest BCUT2D eigenvalue weighted by atomic mass is 10.2. The predicted molar refractivity (Wildman–Crippen MR) is 74.2 cm³/mol. The summed E-state index contributed by atoms with van der Waals surface area (Å²) in [6.07, 6.45) is 3.14. The number of hydrogen-bond acceptors (Lipinski definition) is 5. The minimum atomic E-state index is 0.299. The second-order valence-electron chi connectivity index (χ2n) is 3.85. The van der Waals surface area contributed by atoms with Crippen LogP contribution >= 0.6 is 11.8 Å². The van der Waals surface area contributed by atoms with Gasteiger partial charge in [0.05, 0.1) is 5.69 Å². The Morgan fingerprint density at radius 2 is 2.29 bits per heavy atom. The highest BCUT2D eigenvalue weighted by Gasteiger charge is 2.14. The SMILES string of the molecule is CCC(CSC)N(C)c1ccc(N)c(C#N)n1. The zero-order valence-corrected chi connectivity index (χ0v) is 11.3. The van der Waals surface area contributed by atoms with Gasteiger partial charge in [-0.25, -0.2) is 4.98 Å². The summed E-state index contributed by atoms with van der Waals surface area (Å²) in [6.45, 7) is 2.15. The molecule has 0 radical (unpaired) electrons. The van der Waals surface area contributed by atoms with Crippen molar-refractivity contribution in [2.75, 3.05) is 29.7 Å². The molecule has 17 heavy (non-hydrogen) atoms. The molecule has 1 unspecified atom stereocenters. The number of rotatable bonds is 5. The smallest absolute Gasteiger partial charge is 0.165 e. The molecule has 1 aromatic rings. The number of nitriles is 1. The van der Waals surface area contributed by atoms with E-state index >= 15 is 0 Å². The molecule has 4 nitrogen and oxygen atoms in total. The quantitative estimate of drug-likeness (QED) is 0.867. The maximum atomic E-state index is 8.91. The maximum absolute atomic E-state index is 8.91. The van der Waals surface area contributed by atoms with E-state index in [0.29, 0.717) is 17.4 Å². The van der Waals surface area contributed by atoms with Crippen LogP contribution < -0.4 is 10.6 Å². The average Bonchev–Trinajstić information content (AvgIpc) is 2.35. The third kappa shape index (κ3) is 3.27. The van der Waals surface area contributed by atoms with E-state index in [1.165, 1.54) is 0 Å². The molecule has 0 amide bonds. The normalized spacial score (nSPS) is 11.9. The van der Waals surface area contributed by atoms with Crippen molar-refractivity contribution in [1.82, 2.24) is 4.98 Å². The molecule has 92 valence electrons. The minimum absolute atomic E-state index is 0.299. The molecular weight excluding hydrogens is 232 g/mol. The van der Waals surface area contributed by atoms with E-state index in [-0.39, 0.29) is 0 Å². The molecule has 0 aliphatic heterocycles. The van der Waals surface area contributed by atoms with Gasteiger partial charge in [-0.2, -0.15) is 17.0 Å². The van der Waals surface area contributed by atoms with Crippen LogP contribution in [0.4, 0.5) is 11.5 Å². The number of thioether (sulfide) groups is 1. The topological polar surface area (TPSA) is 65.9 Å². The van der Waals surface area contributed by atoms with Gasteiger partial charge in [0.2, 0.25) is 0 Å². The molecular formula is C12H18N4S. The molecule has 0 saturated heterocycles. The van der Waals surface area contributed by atoms with Crippen LogP contribution in [0.2, 0.25) is 0 Å². The first kappa shape index (κ1) is 13.7. The van der Waals surface area contributed by atoms with E-state index < -0.39 is 0 Å². The van der Waals surface area contributed by atoms with Gasteiger partial charge in [-0.15, -0.1) is 0 Å². The standard InChI is InChI=1S/C12H18N4S/c1-4-9(8-17-3)16(2)12-6-5-10(14)11(7-13)15-12/h5-6,9H,4,8,14H2,1-3H3. The summed E-state index contributed by atoms with van der Waals surface area (Å²) in [4.78, 5) is 6.38. The van der Waals surface area contributed by atoms with Gasteiger partial charge in [0.25, 0.3) is 0 Å². The Labute approximate surface area is 107 Å². The fraction of sp³-hybridized carbons (Fsp3) is 0.500. The van der Waals surface area contributed by atoms with Crippen LogP contribution in [0.25, 0.3) is 0 Å². The Kier molecular flexibility index (Phi) is 5.11. The van der Waals surface area contributed by atoms with E-state index in [4.69, 9.17) is 11.0 Å². The van der Waals surface area contributed by atoms with Crippen molar-refractivity contribution in [1.29, 1.82) is 5.26 Å². The van der Waals surface area contributed by atoms with Crippen molar-refractivity contribution in [3.05, 3.63) is 17.8 Å². The lowest BCUT2D eigenvalue weighted by molar-refractivity contribution is 0.666. The van der Waals surface area contributed by atoms with Crippen LogP contribution in [0.15, 0.2) is 12.1 Å². The molecule has 1 aromatic heterocycles. The fourth-order valence-electron chi connectivity index (χ4n) is 1.63. The van der Waals surface area contributed by atoms with Crippen molar-refractivity contribution >= 4 is 23.3 Å². The van der Waals surface area contributed by atoms with Crippen LogP contribution in [-0.4, -0.2) is 30.1 Å². The summed E-state index contributed by atoms with van der Waals surface area (Å²) >= 11 is 1.81. The highest BCUT2D eigenvalue weighted by atomic mass is 32.2. The van der Waals surface area contributed by atoms with Crippen molar-refractivity contribution in [3.63, 3.8) is 0 Å². The van der Waals surface area contributed by atoms with E-state index in [1.54, 1.807) is 6.07 Å². The van der Waals surface area contributed by atoms with Crippen molar-refractivity contribution < 1.29 is 0 Å². The summed E-state index contributed by atoms with van der Waals surface area (Å²) in [7, 11) is 2.00. The number of pyridine rings is 1. The number of hydrogen-bond donors (Lipinski definition) is 1. The Morgan fingerprint density at radius 3 is 2.82 bits per heavy atom. The maximum Gasteiger partial charge on any atom is 0.165 e. The first-order valence-corrected chi connectivity index (χ1v) is 6.91. The summed E-state index contributed by atoms with van der Waals surface area (Å²) in [5.41, 5.74) is 6.39. The Balaban J connectivity index is 2.95. The molecule has 0 fully saturated rings. The van der Waals surface area contributed by atoms with Crippen molar-refractivity contribution in [3.8, 4) is 6.07 Å². The molecule has 1 heterocycles. The van der Waals surface area contributed by atoms with Gasteiger partial charge in [0.1, 0.15) is 11.9 Å². The zero-order valence-electron chi connectivity index (χ0n) is 10.5. The highest BCUT2D eigenvalue weighted by molar-refractivity contribution is 7.98. The van der Waals surface area contributed by atoms with Gasteiger partial charge < -0.3 is 10.6 Å². The molecule has 2 N–H and O–H groups in total. The van der Waals surface area contributed by atoms with E-state index in [1.807, 2.05) is 30.9 Å². The van der Waals surface area contributed by atoms with Gasteiger partial charge in [-0.3, -0.25) is 0 Å². The van der Waals surface area contributed by atoms with Crippen LogP contribution in [0.1, 0.15) is 19.0 Å². The fourth-order valence-corrected chi connectivity index (χ4v) is 2.47. The molecule has 0 aliphatic rings. The zero-order chi connectivity index (χ0) is 12.8. The molecule has 0 spiro atoms. The lowest BCUT2D eigenvalue weighted by Crippen LogP contribution is -2.33. The molecule has 1 rings (SSSR count). The third-order valence-corrected chi connectivity index (χ3v) is 3.48.